The number of benzene rings is 1. The smallest absolute Gasteiger partial charge is 0.216 e. The topological polar surface area (TPSA) is 90.3 Å². The summed E-state index contributed by atoms with van der Waals surface area (Å²) < 4.78 is 0. The van der Waals surface area contributed by atoms with Crippen molar-refractivity contribution in [3.8, 4) is 6.07 Å². The minimum Gasteiger partial charge on any atom is -0.360 e. The number of rotatable bonds is 4. The number of H-pyrrole nitrogens is 1. The Morgan fingerprint density at radius 3 is 2.95 bits per heavy atom. The van der Waals surface area contributed by atoms with Crippen molar-refractivity contribution in [1.29, 1.82) is 5.26 Å². The summed E-state index contributed by atoms with van der Waals surface area (Å²) in [5, 5.41) is 25.6. The fraction of sp³-hybridized carbons (Fsp3) is 0.231. The first kappa shape index (κ1) is 11.4. The number of nitriles is 1. The molecule has 1 saturated carbocycles. The zero-order valence-electron chi connectivity index (χ0n) is 10.2. The molecule has 0 spiro atoms. The van der Waals surface area contributed by atoms with Crippen LogP contribution in [-0.2, 0) is 0 Å². The van der Waals surface area contributed by atoms with Crippen LogP contribution in [0.1, 0.15) is 30.1 Å². The monoisotopic (exact) mass is 252 g/mol. The van der Waals surface area contributed by atoms with Crippen LogP contribution in [0.3, 0.4) is 0 Å². The zero-order valence-corrected chi connectivity index (χ0v) is 10.2. The predicted molar refractivity (Wildman–Crippen MR) is 69.8 cm³/mol. The van der Waals surface area contributed by atoms with E-state index in [2.05, 4.69) is 38.1 Å². The van der Waals surface area contributed by atoms with E-state index in [0.717, 1.165) is 5.69 Å². The van der Waals surface area contributed by atoms with Crippen LogP contribution in [0, 0.1) is 11.3 Å². The Morgan fingerprint density at radius 1 is 1.42 bits per heavy atom. The summed E-state index contributed by atoms with van der Waals surface area (Å²) in [4.78, 5) is 0. The van der Waals surface area contributed by atoms with E-state index in [1.807, 2.05) is 18.2 Å². The van der Waals surface area contributed by atoms with Crippen molar-refractivity contribution >= 4 is 11.3 Å². The molecule has 0 amide bonds. The Balaban J connectivity index is 1.84. The highest BCUT2D eigenvalue weighted by molar-refractivity contribution is 5.74. The Kier molecular flexibility index (Phi) is 2.94. The lowest BCUT2D eigenvalue weighted by atomic mass is 10.1. The molecule has 1 aliphatic carbocycles. The van der Waals surface area contributed by atoms with Gasteiger partial charge in [-0.15, -0.1) is 10.2 Å². The van der Waals surface area contributed by atoms with Crippen molar-refractivity contribution in [3.63, 3.8) is 0 Å². The second-order valence-corrected chi connectivity index (χ2v) is 4.41. The number of nitrogens with zero attached hydrogens (tertiary/aromatic N) is 4. The third kappa shape index (κ3) is 2.45. The van der Waals surface area contributed by atoms with E-state index in [1.165, 1.54) is 18.4 Å². The number of aromatic nitrogens is 4. The van der Waals surface area contributed by atoms with Crippen molar-refractivity contribution in [2.24, 2.45) is 0 Å². The Hall–Kier alpha value is -2.68. The Labute approximate surface area is 110 Å². The van der Waals surface area contributed by atoms with E-state index in [4.69, 9.17) is 5.26 Å². The van der Waals surface area contributed by atoms with Gasteiger partial charge in [-0.25, -0.2) is 0 Å². The Bertz CT molecular complexity index is 633. The minimum absolute atomic E-state index is 0.291. The maximum atomic E-state index is 9.09. The number of hydrogen-bond donors (Lipinski definition) is 2. The van der Waals surface area contributed by atoms with Crippen molar-refractivity contribution in [1.82, 2.24) is 20.6 Å². The lowest BCUT2D eigenvalue weighted by molar-refractivity contribution is 0.881. The van der Waals surface area contributed by atoms with Crippen molar-refractivity contribution in [2.75, 3.05) is 5.32 Å². The van der Waals surface area contributed by atoms with Gasteiger partial charge in [0.05, 0.1) is 0 Å². The highest BCUT2D eigenvalue weighted by atomic mass is 15.5. The van der Waals surface area contributed by atoms with Gasteiger partial charge in [0.1, 0.15) is 11.6 Å². The predicted octanol–water partition coefficient (Wildman–Crippen LogP) is 2.05. The largest absolute Gasteiger partial charge is 0.360 e. The van der Waals surface area contributed by atoms with Crippen LogP contribution < -0.4 is 5.32 Å². The van der Waals surface area contributed by atoms with Gasteiger partial charge in [0.15, 0.2) is 0 Å². The van der Waals surface area contributed by atoms with Gasteiger partial charge in [-0.1, -0.05) is 18.2 Å². The van der Waals surface area contributed by atoms with Gasteiger partial charge < -0.3 is 5.32 Å². The van der Waals surface area contributed by atoms with Crippen LogP contribution in [0.15, 0.2) is 30.5 Å². The molecule has 94 valence electrons. The lowest BCUT2D eigenvalue weighted by Crippen LogP contribution is -1.96. The van der Waals surface area contributed by atoms with E-state index in [1.54, 1.807) is 6.20 Å². The number of para-hydroxylation sites is 1. The summed E-state index contributed by atoms with van der Waals surface area (Å²) in [6.45, 7) is 0. The molecule has 3 rings (SSSR count). The number of tetrazole rings is 1. The molecule has 1 aromatic heterocycles. The molecule has 1 aliphatic rings. The molecule has 0 unspecified atom stereocenters. The average Bonchev–Trinajstić information content (AvgIpc) is 3.16. The van der Waals surface area contributed by atoms with Crippen molar-refractivity contribution < 1.29 is 0 Å². The normalized spacial score (nSPS) is 15.0. The van der Waals surface area contributed by atoms with E-state index in [-0.39, 0.29) is 0 Å². The SMILES string of the molecule is N#CC(=CNc1ccccc1C1CC1)c1nn[nH]n1. The molecule has 2 aromatic rings. The first-order chi connectivity index (χ1) is 9.38. The molecule has 2 N–H and O–H groups in total. The second-order valence-electron chi connectivity index (χ2n) is 4.41. The average molecular weight is 252 g/mol. The fourth-order valence-corrected chi connectivity index (χ4v) is 1.95. The molecule has 1 heterocycles. The molecule has 0 bridgehead atoms. The van der Waals surface area contributed by atoms with E-state index < -0.39 is 0 Å². The van der Waals surface area contributed by atoms with Gasteiger partial charge in [0.25, 0.3) is 0 Å². The molecular formula is C13H12N6. The second kappa shape index (κ2) is 4.90. The van der Waals surface area contributed by atoms with Gasteiger partial charge >= 0.3 is 0 Å². The highest BCUT2D eigenvalue weighted by Gasteiger charge is 2.25. The molecule has 6 nitrogen and oxygen atoms in total. The van der Waals surface area contributed by atoms with Gasteiger partial charge in [-0.3, -0.25) is 0 Å². The van der Waals surface area contributed by atoms with Crippen LogP contribution in [0.5, 0.6) is 0 Å². The number of allylic oxidation sites excluding steroid dienone is 1. The minimum atomic E-state index is 0.291. The molecule has 19 heavy (non-hydrogen) atoms. The maximum absolute atomic E-state index is 9.09. The highest BCUT2D eigenvalue weighted by Crippen LogP contribution is 2.43. The van der Waals surface area contributed by atoms with Gasteiger partial charge in [0, 0.05) is 11.9 Å². The molecule has 0 saturated heterocycles. The number of anilines is 1. The van der Waals surface area contributed by atoms with Crippen LogP contribution in [0.2, 0.25) is 0 Å². The van der Waals surface area contributed by atoms with E-state index in [0.29, 0.717) is 17.3 Å². The summed E-state index contributed by atoms with van der Waals surface area (Å²) in [7, 11) is 0. The van der Waals surface area contributed by atoms with E-state index in [9.17, 15) is 0 Å². The first-order valence-corrected chi connectivity index (χ1v) is 6.08. The Morgan fingerprint density at radius 2 is 2.26 bits per heavy atom. The van der Waals surface area contributed by atoms with Crippen LogP contribution in [0.4, 0.5) is 5.69 Å². The summed E-state index contributed by atoms with van der Waals surface area (Å²) >= 11 is 0. The number of aromatic amines is 1. The maximum Gasteiger partial charge on any atom is 0.216 e. The molecular weight excluding hydrogens is 240 g/mol. The molecule has 0 aliphatic heterocycles. The molecule has 0 atom stereocenters. The lowest BCUT2D eigenvalue weighted by Gasteiger charge is -2.07. The van der Waals surface area contributed by atoms with Crippen molar-refractivity contribution in [3.05, 3.63) is 41.9 Å². The molecule has 0 radical (unpaired) electrons. The summed E-state index contributed by atoms with van der Waals surface area (Å²) in [5.74, 6) is 0.937. The number of hydrogen-bond acceptors (Lipinski definition) is 5. The molecule has 1 fully saturated rings. The molecule has 6 heteroatoms. The quantitative estimate of drug-likeness (QED) is 0.813. The zero-order chi connectivity index (χ0) is 13.1. The third-order valence-electron chi connectivity index (χ3n) is 3.06. The first-order valence-electron chi connectivity index (χ1n) is 6.08. The van der Waals surface area contributed by atoms with Crippen LogP contribution in [-0.4, -0.2) is 20.6 Å². The summed E-state index contributed by atoms with van der Waals surface area (Å²) in [5.41, 5.74) is 2.67. The molecule has 1 aromatic carbocycles. The summed E-state index contributed by atoms with van der Waals surface area (Å²) in [6, 6.07) is 10.2. The fourth-order valence-electron chi connectivity index (χ4n) is 1.95. The van der Waals surface area contributed by atoms with Crippen molar-refractivity contribution in [2.45, 2.75) is 18.8 Å². The van der Waals surface area contributed by atoms with E-state index >= 15 is 0 Å². The summed E-state index contributed by atoms with van der Waals surface area (Å²) in [6.07, 6.45) is 4.09. The van der Waals surface area contributed by atoms with Gasteiger partial charge in [0.2, 0.25) is 5.82 Å². The van der Waals surface area contributed by atoms with Gasteiger partial charge in [-0.2, -0.15) is 10.5 Å². The van der Waals surface area contributed by atoms with Crippen LogP contribution in [0.25, 0.3) is 5.57 Å². The third-order valence-corrected chi connectivity index (χ3v) is 3.06. The van der Waals surface area contributed by atoms with Gasteiger partial charge in [-0.05, 0) is 35.6 Å². The number of nitrogens with one attached hydrogen (secondary N) is 2. The standard InChI is InChI=1S/C13H12N6/c14-7-10(13-16-18-19-17-13)8-15-12-4-2-1-3-11(12)9-5-6-9/h1-4,8-9,15H,5-6H2,(H,16,17,18,19). The van der Waals surface area contributed by atoms with Crippen LogP contribution >= 0.6 is 0 Å².